The lowest BCUT2D eigenvalue weighted by atomic mass is 9.95. The topological polar surface area (TPSA) is 91.0 Å². The molecule has 3 amide bonds. The van der Waals surface area contributed by atoms with Gasteiger partial charge in [-0.1, -0.05) is 18.2 Å². The number of piperidine rings is 1. The standard InChI is InChI=1S/C19H26N4O4/c1-27-18(25)16-13-22(19(26)21-15-5-3-2-4-6-15)11-12-23(16)17(24)14-7-9-20-10-8-14/h2-6,14,16,20H,7-13H2,1H3,(H,21,26)/t16-/m1/s1. The minimum atomic E-state index is -0.771. The second kappa shape index (κ2) is 8.85. The van der Waals surface area contributed by atoms with E-state index in [1.54, 1.807) is 21.9 Å². The van der Waals surface area contributed by atoms with Crippen molar-refractivity contribution < 1.29 is 19.1 Å². The van der Waals surface area contributed by atoms with Crippen LogP contribution in [0.4, 0.5) is 10.5 Å². The van der Waals surface area contributed by atoms with E-state index < -0.39 is 12.0 Å². The molecular formula is C19H26N4O4. The number of methoxy groups -OCH3 is 1. The summed E-state index contributed by atoms with van der Waals surface area (Å²) in [4.78, 5) is 40.9. The third-order valence-electron chi connectivity index (χ3n) is 5.14. The van der Waals surface area contributed by atoms with Gasteiger partial charge in [-0.05, 0) is 38.1 Å². The van der Waals surface area contributed by atoms with Gasteiger partial charge >= 0.3 is 12.0 Å². The van der Waals surface area contributed by atoms with Gasteiger partial charge in [-0.3, -0.25) is 4.79 Å². The highest BCUT2D eigenvalue weighted by atomic mass is 16.5. The first kappa shape index (κ1) is 19.2. The minimum absolute atomic E-state index is 0.0185. The lowest BCUT2D eigenvalue weighted by Crippen LogP contribution is -2.61. The van der Waals surface area contributed by atoms with E-state index >= 15 is 0 Å². The third kappa shape index (κ3) is 4.57. The van der Waals surface area contributed by atoms with Crippen LogP contribution in [0, 0.1) is 5.92 Å². The molecule has 2 aliphatic heterocycles. The van der Waals surface area contributed by atoms with Gasteiger partial charge in [0.1, 0.15) is 6.04 Å². The maximum absolute atomic E-state index is 12.9. The van der Waals surface area contributed by atoms with E-state index in [9.17, 15) is 14.4 Å². The summed E-state index contributed by atoms with van der Waals surface area (Å²) in [5.41, 5.74) is 0.685. The quantitative estimate of drug-likeness (QED) is 0.768. The monoisotopic (exact) mass is 374 g/mol. The molecule has 0 aromatic heterocycles. The first-order valence-corrected chi connectivity index (χ1v) is 9.30. The Bertz CT molecular complexity index is 676. The Morgan fingerprint density at radius 3 is 2.48 bits per heavy atom. The van der Waals surface area contributed by atoms with Crippen LogP contribution in [-0.2, 0) is 14.3 Å². The SMILES string of the molecule is COC(=O)[C@H]1CN(C(=O)Nc2ccccc2)CCN1C(=O)C1CCNCC1. The molecule has 0 bridgehead atoms. The number of urea groups is 1. The van der Waals surface area contributed by atoms with Crippen molar-refractivity contribution >= 4 is 23.6 Å². The number of carbonyl (C=O) groups is 3. The van der Waals surface area contributed by atoms with Gasteiger partial charge in [0.15, 0.2) is 0 Å². The van der Waals surface area contributed by atoms with Gasteiger partial charge < -0.3 is 25.2 Å². The van der Waals surface area contributed by atoms with E-state index in [0.717, 1.165) is 25.9 Å². The maximum Gasteiger partial charge on any atom is 0.330 e. The highest BCUT2D eigenvalue weighted by Crippen LogP contribution is 2.21. The van der Waals surface area contributed by atoms with Crippen molar-refractivity contribution in [2.75, 3.05) is 45.2 Å². The lowest BCUT2D eigenvalue weighted by molar-refractivity contribution is -0.157. The number of hydrogen-bond acceptors (Lipinski definition) is 5. The molecule has 2 N–H and O–H groups in total. The first-order valence-electron chi connectivity index (χ1n) is 9.30. The van der Waals surface area contributed by atoms with Crippen LogP contribution in [0.2, 0.25) is 0 Å². The van der Waals surface area contributed by atoms with Gasteiger partial charge in [0, 0.05) is 24.7 Å². The van der Waals surface area contributed by atoms with Crippen LogP contribution in [0.5, 0.6) is 0 Å². The highest BCUT2D eigenvalue weighted by molar-refractivity contribution is 5.91. The molecule has 2 aliphatic rings. The average molecular weight is 374 g/mol. The molecule has 1 aromatic carbocycles. The zero-order valence-electron chi connectivity index (χ0n) is 15.5. The summed E-state index contributed by atoms with van der Waals surface area (Å²) < 4.78 is 4.90. The molecule has 3 rings (SSSR count). The van der Waals surface area contributed by atoms with Gasteiger partial charge in [-0.15, -0.1) is 0 Å². The fourth-order valence-electron chi connectivity index (χ4n) is 3.60. The summed E-state index contributed by atoms with van der Waals surface area (Å²) in [6, 6.07) is 8.08. The van der Waals surface area contributed by atoms with Crippen molar-refractivity contribution in [3.63, 3.8) is 0 Å². The number of carbonyl (C=O) groups excluding carboxylic acids is 3. The summed E-state index contributed by atoms with van der Waals surface area (Å²) in [6.07, 6.45) is 1.53. The molecule has 1 atom stereocenters. The smallest absolute Gasteiger partial charge is 0.330 e. The molecule has 146 valence electrons. The number of benzene rings is 1. The van der Waals surface area contributed by atoms with Crippen molar-refractivity contribution in [3.8, 4) is 0 Å². The largest absolute Gasteiger partial charge is 0.467 e. The van der Waals surface area contributed by atoms with Crippen LogP contribution in [0.1, 0.15) is 12.8 Å². The third-order valence-corrected chi connectivity index (χ3v) is 5.14. The molecule has 0 spiro atoms. The molecular weight excluding hydrogens is 348 g/mol. The van der Waals surface area contributed by atoms with Crippen LogP contribution in [-0.4, -0.2) is 73.6 Å². The van der Waals surface area contributed by atoms with Crippen molar-refractivity contribution in [2.24, 2.45) is 5.92 Å². The lowest BCUT2D eigenvalue weighted by Gasteiger charge is -2.41. The van der Waals surface area contributed by atoms with E-state index in [1.165, 1.54) is 7.11 Å². The van der Waals surface area contributed by atoms with E-state index in [-0.39, 0.29) is 24.4 Å². The second-order valence-electron chi connectivity index (χ2n) is 6.84. The Morgan fingerprint density at radius 1 is 1.11 bits per heavy atom. The molecule has 0 radical (unpaired) electrons. The van der Waals surface area contributed by atoms with Crippen LogP contribution in [0.25, 0.3) is 0 Å². The summed E-state index contributed by atoms with van der Waals surface area (Å²) in [5, 5.41) is 6.06. The molecule has 0 saturated carbocycles. The molecule has 8 nitrogen and oxygen atoms in total. The minimum Gasteiger partial charge on any atom is -0.467 e. The van der Waals surface area contributed by atoms with Gasteiger partial charge in [0.05, 0.1) is 13.7 Å². The molecule has 0 aliphatic carbocycles. The number of rotatable bonds is 3. The molecule has 2 heterocycles. The van der Waals surface area contributed by atoms with E-state index in [4.69, 9.17) is 4.74 Å². The number of nitrogens with zero attached hydrogens (tertiary/aromatic N) is 2. The van der Waals surface area contributed by atoms with Crippen molar-refractivity contribution in [2.45, 2.75) is 18.9 Å². The molecule has 27 heavy (non-hydrogen) atoms. The summed E-state index contributed by atoms with van der Waals surface area (Å²) in [6.45, 7) is 2.44. The summed E-state index contributed by atoms with van der Waals surface area (Å²) in [5.74, 6) is -0.590. The van der Waals surface area contributed by atoms with Crippen LogP contribution in [0.3, 0.4) is 0 Å². The number of anilines is 1. The van der Waals surface area contributed by atoms with Crippen LogP contribution < -0.4 is 10.6 Å². The van der Waals surface area contributed by atoms with Crippen LogP contribution in [0.15, 0.2) is 30.3 Å². The van der Waals surface area contributed by atoms with Crippen molar-refractivity contribution in [1.82, 2.24) is 15.1 Å². The average Bonchev–Trinajstić information content (AvgIpc) is 2.73. The van der Waals surface area contributed by atoms with Crippen molar-refractivity contribution in [3.05, 3.63) is 30.3 Å². The summed E-state index contributed by atoms with van der Waals surface area (Å²) >= 11 is 0. The molecule has 1 aromatic rings. The fourth-order valence-corrected chi connectivity index (χ4v) is 3.60. The Kier molecular flexibility index (Phi) is 6.28. The van der Waals surface area contributed by atoms with Crippen molar-refractivity contribution in [1.29, 1.82) is 0 Å². The highest BCUT2D eigenvalue weighted by Gasteiger charge is 2.40. The fraction of sp³-hybridized carbons (Fsp3) is 0.526. The Labute approximate surface area is 158 Å². The predicted molar refractivity (Wildman–Crippen MR) is 100 cm³/mol. The summed E-state index contributed by atoms with van der Waals surface area (Å²) in [7, 11) is 1.30. The normalized spacial score (nSPS) is 20.9. The van der Waals surface area contributed by atoms with Gasteiger partial charge in [0.25, 0.3) is 0 Å². The zero-order chi connectivity index (χ0) is 19.2. The first-order chi connectivity index (χ1) is 13.1. The number of esters is 1. The Hall–Kier alpha value is -2.61. The van der Waals surface area contributed by atoms with Gasteiger partial charge in [-0.2, -0.15) is 0 Å². The zero-order valence-corrected chi connectivity index (χ0v) is 15.5. The van der Waals surface area contributed by atoms with Gasteiger partial charge in [0.2, 0.25) is 5.91 Å². The number of para-hydroxylation sites is 1. The van der Waals surface area contributed by atoms with Gasteiger partial charge in [-0.25, -0.2) is 9.59 Å². The van der Waals surface area contributed by atoms with E-state index in [2.05, 4.69) is 10.6 Å². The number of ether oxygens (including phenoxy) is 1. The molecule has 8 heteroatoms. The molecule has 2 fully saturated rings. The predicted octanol–water partition coefficient (Wildman–Crippen LogP) is 0.904. The Morgan fingerprint density at radius 2 is 1.81 bits per heavy atom. The number of piperazine rings is 1. The number of amides is 3. The number of hydrogen-bond donors (Lipinski definition) is 2. The molecule has 0 unspecified atom stereocenters. The van der Waals surface area contributed by atoms with E-state index in [0.29, 0.717) is 18.8 Å². The maximum atomic E-state index is 12.9. The molecule has 2 saturated heterocycles. The second-order valence-corrected chi connectivity index (χ2v) is 6.84. The Balaban J connectivity index is 1.67. The number of nitrogens with one attached hydrogen (secondary N) is 2. The van der Waals surface area contributed by atoms with Crippen LogP contribution >= 0.6 is 0 Å². The van der Waals surface area contributed by atoms with E-state index in [1.807, 2.05) is 18.2 Å².